The molecule has 6 nitrogen and oxygen atoms in total. The molecule has 0 aromatic heterocycles. The molecule has 6 heteroatoms. The largest absolute Gasteiger partial charge is 0.505 e. The van der Waals surface area contributed by atoms with Gasteiger partial charge in [-0.1, -0.05) is 25.3 Å². The van der Waals surface area contributed by atoms with Crippen molar-refractivity contribution in [1.82, 2.24) is 5.32 Å². The van der Waals surface area contributed by atoms with Gasteiger partial charge in [0, 0.05) is 11.5 Å². The van der Waals surface area contributed by atoms with E-state index >= 15 is 0 Å². The number of anilines is 1. The van der Waals surface area contributed by atoms with Gasteiger partial charge in [0.1, 0.15) is 0 Å². The number of hydrogen-bond acceptors (Lipinski definition) is 4. The van der Waals surface area contributed by atoms with Crippen LogP contribution in [0, 0.1) is 5.41 Å². The third kappa shape index (κ3) is 4.12. The minimum absolute atomic E-state index is 0.102. The van der Waals surface area contributed by atoms with Gasteiger partial charge in [0.25, 0.3) is 5.91 Å². The first-order valence-electron chi connectivity index (χ1n) is 9.04. The van der Waals surface area contributed by atoms with Crippen LogP contribution in [0.25, 0.3) is 0 Å². The number of benzene rings is 1. The predicted molar refractivity (Wildman–Crippen MR) is 94.6 cm³/mol. The maximum Gasteiger partial charge on any atom is 0.255 e. The number of para-hydroxylation sites is 1. The van der Waals surface area contributed by atoms with Crippen molar-refractivity contribution in [3.8, 4) is 5.75 Å². The second-order valence-electron chi connectivity index (χ2n) is 7.27. The van der Waals surface area contributed by atoms with Crippen LogP contribution in [0.3, 0.4) is 0 Å². The molecule has 1 heterocycles. The van der Waals surface area contributed by atoms with E-state index in [0.29, 0.717) is 11.8 Å². The van der Waals surface area contributed by atoms with Crippen molar-refractivity contribution < 1.29 is 19.4 Å². The summed E-state index contributed by atoms with van der Waals surface area (Å²) in [6.07, 6.45) is 8.15. The molecule has 1 unspecified atom stereocenters. The van der Waals surface area contributed by atoms with Crippen LogP contribution in [-0.4, -0.2) is 36.7 Å². The van der Waals surface area contributed by atoms with Crippen LogP contribution < -0.4 is 10.6 Å². The fraction of sp³-hybridized carbons (Fsp3) is 0.579. The number of ether oxygens (including phenoxy) is 1. The molecule has 1 atom stereocenters. The van der Waals surface area contributed by atoms with E-state index < -0.39 is 0 Å². The second kappa shape index (κ2) is 7.87. The summed E-state index contributed by atoms with van der Waals surface area (Å²) in [5.41, 5.74) is 0.736. The number of phenols is 1. The maximum absolute atomic E-state index is 12.6. The van der Waals surface area contributed by atoms with Crippen LogP contribution in [0.15, 0.2) is 18.2 Å². The number of aromatic hydroxyl groups is 1. The summed E-state index contributed by atoms with van der Waals surface area (Å²) >= 11 is 0. The van der Waals surface area contributed by atoms with Gasteiger partial charge < -0.3 is 20.5 Å². The zero-order valence-electron chi connectivity index (χ0n) is 14.4. The Morgan fingerprint density at radius 2 is 2.04 bits per heavy atom. The van der Waals surface area contributed by atoms with Crippen molar-refractivity contribution in [3.63, 3.8) is 0 Å². The second-order valence-corrected chi connectivity index (χ2v) is 7.27. The number of rotatable bonds is 4. The molecule has 1 aliphatic carbocycles. The Morgan fingerprint density at radius 1 is 1.20 bits per heavy atom. The van der Waals surface area contributed by atoms with E-state index in [9.17, 15) is 14.7 Å². The number of nitrogens with one attached hydrogen (secondary N) is 2. The quantitative estimate of drug-likeness (QED) is 0.578. The average molecular weight is 346 g/mol. The van der Waals surface area contributed by atoms with Crippen LogP contribution in [0.1, 0.15) is 55.3 Å². The van der Waals surface area contributed by atoms with E-state index in [-0.39, 0.29) is 28.9 Å². The number of carbonyl (C=O) groups is 2. The van der Waals surface area contributed by atoms with Gasteiger partial charge in [0.15, 0.2) is 5.75 Å². The summed E-state index contributed by atoms with van der Waals surface area (Å²) in [7, 11) is 0. The molecule has 3 rings (SSSR count). The molecule has 136 valence electrons. The summed E-state index contributed by atoms with van der Waals surface area (Å²) < 4.78 is 5.43. The Balaban J connectivity index is 1.66. The average Bonchev–Trinajstić information content (AvgIpc) is 2.67. The molecule has 1 saturated heterocycles. The van der Waals surface area contributed by atoms with Crippen molar-refractivity contribution in [1.29, 1.82) is 0 Å². The van der Waals surface area contributed by atoms with Gasteiger partial charge in [0.2, 0.25) is 6.41 Å². The van der Waals surface area contributed by atoms with Crippen LogP contribution >= 0.6 is 0 Å². The number of amides is 2. The predicted octanol–water partition coefficient (Wildman–Crippen LogP) is 2.82. The molecule has 2 amide bonds. The first-order chi connectivity index (χ1) is 12.1. The summed E-state index contributed by atoms with van der Waals surface area (Å²) in [4.78, 5) is 23.2. The van der Waals surface area contributed by atoms with E-state index in [0.717, 1.165) is 38.9 Å². The topological polar surface area (TPSA) is 87.7 Å². The normalized spacial score (nSPS) is 22.8. The molecule has 0 bridgehead atoms. The fourth-order valence-corrected chi connectivity index (χ4v) is 3.81. The lowest BCUT2D eigenvalue weighted by Gasteiger charge is -2.42. The molecule has 1 aromatic carbocycles. The van der Waals surface area contributed by atoms with Crippen LogP contribution in [0.5, 0.6) is 5.75 Å². The summed E-state index contributed by atoms with van der Waals surface area (Å²) in [6.45, 7) is 1.68. The van der Waals surface area contributed by atoms with Crippen molar-refractivity contribution in [3.05, 3.63) is 23.8 Å². The van der Waals surface area contributed by atoms with Crippen molar-refractivity contribution in [2.45, 2.75) is 51.0 Å². The molecule has 0 radical (unpaired) electrons. The van der Waals surface area contributed by atoms with Gasteiger partial charge >= 0.3 is 0 Å². The Morgan fingerprint density at radius 3 is 2.76 bits per heavy atom. The molecular formula is C19H26N2O4. The molecule has 1 aliphatic heterocycles. The Bertz CT molecular complexity index is 628. The molecule has 25 heavy (non-hydrogen) atoms. The van der Waals surface area contributed by atoms with Gasteiger partial charge in [-0.25, -0.2) is 0 Å². The maximum atomic E-state index is 12.6. The molecular weight excluding hydrogens is 320 g/mol. The monoisotopic (exact) mass is 346 g/mol. The van der Waals surface area contributed by atoms with Crippen LogP contribution in [-0.2, 0) is 9.53 Å². The first kappa shape index (κ1) is 17.7. The molecule has 1 aromatic rings. The molecule has 2 fully saturated rings. The smallest absolute Gasteiger partial charge is 0.255 e. The van der Waals surface area contributed by atoms with Gasteiger partial charge in [-0.3, -0.25) is 9.59 Å². The first-order valence-corrected chi connectivity index (χ1v) is 9.04. The van der Waals surface area contributed by atoms with E-state index in [2.05, 4.69) is 10.6 Å². The summed E-state index contributed by atoms with van der Waals surface area (Å²) in [6, 6.07) is 4.87. The zero-order chi connectivity index (χ0) is 17.7. The van der Waals surface area contributed by atoms with Gasteiger partial charge in [-0.15, -0.1) is 0 Å². The number of carbonyl (C=O) groups excluding carboxylic acids is 2. The van der Waals surface area contributed by atoms with Gasteiger partial charge in [0.05, 0.1) is 24.5 Å². The Hall–Kier alpha value is -2.08. The van der Waals surface area contributed by atoms with Crippen molar-refractivity contribution in [2.75, 3.05) is 18.5 Å². The molecule has 3 N–H and O–H groups in total. The standard InChI is InChI=1S/C19H26N2O4/c22-13-20-16-7-4-6-15(17(16)23)18(24)21-14-5-2-1-3-9-19(10-8-14)11-25-12-19/h4,6-7,13-14,23H,1-3,5,8-12H2,(H,20,22)(H,21,24). The van der Waals surface area contributed by atoms with Crippen LogP contribution in [0.4, 0.5) is 5.69 Å². The molecule has 2 aliphatic rings. The van der Waals surface area contributed by atoms with E-state index in [1.807, 2.05) is 0 Å². The highest BCUT2D eigenvalue weighted by molar-refractivity contribution is 5.99. The highest BCUT2D eigenvalue weighted by Gasteiger charge is 2.38. The molecule has 1 spiro atoms. The lowest BCUT2D eigenvalue weighted by atomic mass is 9.76. The summed E-state index contributed by atoms with van der Waals surface area (Å²) in [5.74, 6) is -0.491. The third-order valence-corrected chi connectivity index (χ3v) is 5.43. The number of hydrogen-bond donors (Lipinski definition) is 3. The third-order valence-electron chi connectivity index (χ3n) is 5.43. The van der Waals surface area contributed by atoms with Crippen molar-refractivity contribution >= 4 is 18.0 Å². The lowest BCUT2D eigenvalue weighted by molar-refractivity contribution is -0.123. The highest BCUT2D eigenvalue weighted by atomic mass is 16.5. The SMILES string of the molecule is O=CNc1cccc(C(=O)NC2CCCCCC3(CC2)COC3)c1O. The van der Waals surface area contributed by atoms with Gasteiger partial charge in [-0.2, -0.15) is 0 Å². The minimum Gasteiger partial charge on any atom is -0.505 e. The Kier molecular flexibility index (Phi) is 5.58. The van der Waals surface area contributed by atoms with E-state index in [1.165, 1.54) is 19.3 Å². The number of phenolic OH excluding ortho intramolecular Hbond substituents is 1. The van der Waals surface area contributed by atoms with E-state index in [4.69, 9.17) is 4.74 Å². The van der Waals surface area contributed by atoms with Crippen molar-refractivity contribution in [2.24, 2.45) is 5.41 Å². The molecule has 1 saturated carbocycles. The van der Waals surface area contributed by atoms with Crippen LogP contribution in [0.2, 0.25) is 0 Å². The minimum atomic E-state index is -0.296. The fourth-order valence-electron chi connectivity index (χ4n) is 3.81. The summed E-state index contributed by atoms with van der Waals surface area (Å²) in [5, 5.41) is 15.7. The Labute approximate surface area is 147 Å². The van der Waals surface area contributed by atoms with E-state index in [1.54, 1.807) is 18.2 Å². The lowest BCUT2D eigenvalue weighted by Crippen LogP contribution is -2.44. The highest BCUT2D eigenvalue weighted by Crippen LogP contribution is 2.40. The zero-order valence-corrected chi connectivity index (χ0v) is 14.4. The van der Waals surface area contributed by atoms with Gasteiger partial charge in [-0.05, 0) is 37.8 Å².